The summed E-state index contributed by atoms with van der Waals surface area (Å²) >= 11 is 0. The smallest absolute Gasteiger partial charge is 0.236 e. The van der Waals surface area contributed by atoms with Crippen molar-refractivity contribution in [3.8, 4) is 0 Å². The molecule has 0 aromatic heterocycles. The van der Waals surface area contributed by atoms with E-state index in [0.717, 1.165) is 32.5 Å². The number of halogens is 1. The number of nitrogens with one attached hydrogen (secondary N) is 1. The summed E-state index contributed by atoms with van der Waals surface area (Å²) in [6.07, 6.45) is 3.04. The van der Waals surface area contributed by atoms with Crippen LogP contribution in [-0.4, -0.2) is 31.2 Å². The van der Waals surface area contributed by atoms with Crippen molar-refractivity contribution in [1.82, 2.24) is 5.32 Å². The van der Waals surface area contributed by atoms with Crippen molar-refractivity contribution >= 4 is 18.3 Å². The zero-order valence-electron chi connectivity index (χ0n) is 10.1. The van der Waals surface area contributed by atoms with Crippen molar-refractivity contribution in [1.29, 1.82) is 0 Å². The van der Waals surface area contributed by atoms with E-state index >= 15 is 0 Å². The van der Waals surface area contributed by atoms with Gasteiger partial charge >= 0.3 is 0 Å². The Labute approximate surface area is 104 Å². The van der Waals surface area contributed by atoms with Gasteiger partial charge in [0.05, 0.1) is 6.04 Å². The summed E-state index contributed by atoms with van der Waals surface area (Å²) in [6, 6.07) is -0.161. The summed E-state index contributed by atoms with van der Waals surface area (Å²) in [4.78, 5) is 11.5. The molecule has 2 atom stereocenters. The Balaban J connectivity index is 0.00000225. The van der Waals surface area contributed by atoms with Gasteiger partial charge in [-0.15, -0.1) is 12.4 Å². The number of rotatable bonds is 4. The van der Waals surface area contributed by atoms with E-state index in [-0.39, 0.29) is 24.4 Å². The molecule has 1 rings (SSSR count). The minimum Gasteiger partial charge on any atom is -0.381 e. The highest BCUT2D eigenvalue weighted by atomic mass is 35.5. The van der Waals surface area contributed by atoms with Gasteiger partial charge in [0, 0.05) is 19.3 Å². The lowest BCUT2D eigenvalue weighted by molar-refractivity contribution is -0.123. The highest BCUT2D eigenvalue weighted by Crippen LogP contribution is 2.20. The number of amides is 1. The molecule has 16 heavy (non-hydrogen) atoms. The van der Waals surface area contributed by atoms with Gasteiger partial charge in [-0.3, -0.25) is 4.79 Å². The molecular formula is C11H23ClN2O2. The van der Waals surface area contributed by atoms with E-state index in [4.69, 9.17) is 10.5 Å². The molecule has 0 saturated carbocycles. The Hall–Kier alpha value is -0.320. The quantitative estimate of drug-likeness (QED) is 0.785. The van der Waals surface area contributed by atoms with Crippen LogP contribution in [0.1, 0.15) is 33.1 Å². The number of ether oxygens (including phenoxy) is 1. The van der Waals surface area contributed by atoms with E-state index < -0.39 is 6.04 Å². The van der Waals surface area contributed by atoms with Crippen LogP contribution in [0.2, 0.25) is 0 Å². The zero-order valence-corrected chi connectivity index (χ0v) is 10.9. The van der Waals surface area contributed by atoms with Gasteiger partial charge in [-0.25, -0.2) is 0 Å². The predicted molar refractivity (Wildman–Crippen MR) is 66.7 cm³/mol. The molecule has 0 aromatic rings. The average molecular weight is 251 g/mol. The molecule has 0 bridgehead atoms. The summed E-state index contributed by atoms with van der Waals surface area (Å²) in [7, 11) is 0. The molecule has 1 aliphatic rings. The first kappa shape index (κ1) is 15.7. The molecule has 0 spiro atoms. The van der Waals surface area contributed by atoms with Crippen LogP contribution >= 0.6 is 12.4 Å². The summed E-state index contributed by atoms with van der Waals surface area (Å²) in [5.41, 5.74) is 5.53. The van der Waals surface area contributed by atoms with Gasteiger partial charge < -0.3 is 15.8 Å². The lowest BCUT2D eigenvalue weighted by Gasteiger charge is -2.30. The molecule has 1 amide bonds. The maximum absolute atomic E-state index is 11.5. The van der Waals surface area contributed by atoms with Crippen LogP contribution in [0.25, 0.3) is 0 Å². The normalized spacial score (nSPS) is 20.7. The van der Waals surface area contributed by atoms with Crippen molar-refractivity contribution in [2.24, 2.45) is 11.7 Å². The maximum Gasteiger partial charge on any atom is 0.236 e. The highest BCUT2D eigenvalue weighted by molar-refractivity contribution is 5.85. The number of carbonyl (C=O) groups is 1. The summed E-state index contributed by atoms with van der Waals surface area (Å²) in [6.45, 7) is 5.44. The van der Waals surface area contributed by atoms with Gasteiger partial charge in [0.15, 0.2) is 0 Å². The van der Waals surface area contributed by atoms with Crippen LogP contribution in [0.15, 0.2) is 0 Å². The second kappa shape index (κ2) is 7.87. The topological polar surface area (TPSA) is 64.4 Å². The molecule has 3 N–H and O–H groups in total. The molecule has 5 heteroatoms. The molecule has 1 heterocycles. The van der Waals surface area contributed by atoms with E-state index in [1.54, 1.807) is 6.92 Å². The van der Waals surface area contributed by atoms with Crippen molar-refractivity contribution in [2.75, 3.05) is 13.2 Å². The first-order valence-electron chi connectivity index (χ1n) is 5.78. The highest BCUT2D eigenvalue weighted by Gasteiger charge is 2.24. The van der Waals surface area contributed by atoms with Crippen LogP contribution in [0, 0.1) is 5.92 Å². The van der Waals surface area contributed by atoms with Crippen LogP contribution in [0.3, 0.4) is 0 Å². The monoisotopic (exact) mass is 250 g/mol. The van der Waals surface area contributed by atoms with Crippen molar-refractivity contribution in [3.63, 3.8) is 0 Å². The predicted octanol–water partition coefficient (Wildman–Crippen LogP) is 1.08. The molecule has 96 valence electrons. The molecule has 0 radical (unpaired) electrons. The molecule has 4 nitrogen and oxygen atoms in total. The van der Waals surface area contributed by atoms with Crippen molar-refractivity contribution in [3.05, 3.63) is 0 Å². The molecule has 1 saturated heterocycles. The van der Waals surface area contributed by atoms with Crippen molar-refractivity contribution < 1.29 is 9.53 Å². The summed E-state index contributed by atoms with van der Waals surface area (Å²) < 4.78 is 5.31. The third kappa shape index (κ3) is 4.68. The maximum atomic E-state index is 11.5. The van der Waals surface area contributed by atoms with Gasteiger partial charge in [-0.1, -0.05) is 6.92 Å². The standard InChI is InChI=1S/C11H22N2O2.ClH/c1-3-10(13-11(14)8(2)12)9-4-6-15-7-5-9;/h8-10H,3-7,12H2,1-2H3,(H,13,14);1H/t8-,10?;/m1./s1. The molecule has 1 aliphatic heterocycles. The van der Waals surface area contributed by atoms with E-state index in [9.17, 15) is 4.79 Å². The zero-order chi connectivity index (χ0) is 11.3. The van der Waals surface area contributed by atoms with E-state index in [1.807, 2.05) is 0 Å². The Morgan fingerprint density at radius 2 is 2.06 bits per heavy atom. The number of hydrogen-bond donors (Lipinski definition) is 2. The van der Waals surface area contributed by atoms with Crippen LogP contribution in [-0.2, 0) is 9.53 Å². The van der Waals surface area contributed by atoms with Crippen molar-refractivity contribution in [2.45, 2.75) is 45.2 Å². The van der Waals surface area contributed by atoms with E-state index in [1.165, 1.54) is 0 Å². The van der Waals surface area contributed by atoms with Crippen LogP contribution in [0.5, 0.6) is 0 Å². The fourth-order valence-corrected chi connectivity index (χ4v) is 1.99. The SMILES string of the molecule is CCC(NC(=O)[C@@H](C)N)C1CCOCC1.Cl. The second-order valence-corrected chi connectivity index (χ2v) is 4.26. The van der Waals surface area contributed by atoms with Gasteiger partial charge in [0.25, 0.3) is 0 Å². The molecule has 1 unspecified atom stereocenters. The first-order valence-corrected chi connectivity index (χ1v) is 5.78. The average Bonchev–Trinajstić information content (AvgIpc) is 2.26. The number of carbonyl (C=O) groups excluding carboxylic acids is 1. The van der Waals surface area contributed by atoms with Gasteiger partial charge in [-0.05, 0) is 32.1 Å². The van der Waals surface area contributed by atoms with Gasteiger partial charge in [0.2, 0.25) is 5.91 Å². The second-order valence-electron chi connectivity index (χ2n) is 4.26. The Bertz CT molecular complexity index is 206. The van der Waals surface area contributed by atoms with Crippen LogP contribution in [0.4, 0.5) is 0 Å². The van der Waals surface area contributed by atoms with Gasteiger partial charge in [-0.2, -0.15) is 0 Å². The Morgan fingerprint density at radius 1 is 1.50 bits per heavy atom. The first-order chi connectivity index (χ1) is 7.15. The Morgan fingerprint density at radius 3 is 2.50 bits per heavy atom. The molecule has 0 aliphatic carbocycles. The minimum atomic E-state index is -0.418. The van der Waals surface area contributed by atoms with E-state index in [2.05, 4.69) is 12.2 Å². The third-order valence-electron chi connectivity index (χ3n) is 3.02. The van der Waals surface area contributed by atoms with Gasteiger partial charge in [0.1, 0.15) is 0 Å². The minimum absolute atomic E-state index is 0. The lowest BCUT2D eigenvalue weighted by atomic mass is 9.90. The number of nitrogens with two attached hydrogens (primary N) is 1. The summed E-state index contributed by atoms with van der Waals surface area (Å²) in [5, 5.41) is 3.02. The molecular weight excluding hydrogens is 228 g/mol. The lowest BCUT2D eigenvalue weighted by Crippen LogP contribution is -2.47. The van der Waals surface area contributed by atoms with Crippen LogP contribution < -0.4 is 11.1 Å². The molecule has 0 aromatic carbocycles. The Kier molecular flexibility index (Phi) is 7.72. The largest absolute Gasteiger partial charge is 0.381 e. The summed E-state index contributed by atoms with van der Waals surface area (Å²) in [5.74, 6) is 0.500. The molecule has 1 fully saturated rings. The fourth-order valence-electron chi connectivity index (χ4n) is 1.99. The number of hydrogen-bond acceptors (Lipinski definition) is 3. The fraction of sp³-hybridized carbons (Fsp3) is 0.909. The third-order valence-corrected chi connectivity index (χ3v) is 3.02. The van der Waals surface area contributed by atoms with E-state index in [0.29, 0.717) is 5.92 Å².